The highest BCUT2D eigenvalue weighted by Crippen LogP contribution is 2.29. The zero-order valence-electron chi connectivity index (χ0n) is 9.39. The number of hydrogen-bond donors (Lipinski definition) is 2. The summed E-state index contributed by atoms with van der Waals surface area (Å²) >= 11 is 5.81. The molecule has 1 atom stereocenters. The molecule has 1 aliphatic heterocycles. The molecule has 5 nitrogen and oxygen atoms in total. The van der Waals surface area contributed by atoms with Gasteiger partial charge >= 0.3 is 5.97 Å². The molecule has 1 heterocycles. The highest BCUT2D eigenvalue weighted by Gasteiger charge is 2.48. The van der Waals surface area contributed by atoms with Gasteiger partial charge in [0.25, 0.3) is 0 Å². The predicted molar refractivity (Wildman–Crippen MR) is 68.7 cm³/mol. The number of aliphatic carboxylic acids is 1. The van der Waals surface area contributed by atoms with Crippen LogP contribution in [-0.2, 0) is 14.6 Å². The van der Waals surface area contributed by atoms with Crippen LogP contribution in [0.1, 0.15) is 6.42 Å². The Bertz CT molecular complexity index is 586. The largest absolute Gasteiger partial charge is 0.479 e. The van der Waals surface area contributed by atoms with Crippen molar-refractivity contribution in [3.8, 4) is 0 Å². The van der Waals surface area contributed by atoms with Gasteiger partial charge in [0.15, 0.2) is 15.4 Å². The third-order valence-corrected chi connectivity index (χ3v) is 4.92. The third kappa shape index (κ3) is 2.59. The Balaban J connectivity index is 2.31. The molecule has 1 aromatic rings. The summed E-state index contributed by atoms with van der Waals surface area (Å²) in [5, 5.41) is 12.5. The summed E-state index contributed by atoms with van der Waals surface area (Å²) in [4.78, 5) is 11.3. The first-order valence-electron chi connectivity index (χ1n) is 5.31. The molecule has 98 valence electrons. The second-order valence-corrected chi connectivity index (χ2v) is 6.99. The SMILES string of the molecule is O=C(O)C1(Nc2cccc(Cl)c2)CCS(=O)(=O)C1. The van der Waals surface area contributed by atoms with Crippen molar-refractivity contribution in [2.75, 3.05) is 16.8 Å². The molecular weight excluding hydrogens is 278 g/mol. The number of anilines is 1. The lowest BCUT2D eigenvalue weighted by Gasteiger charge is -2.25. The Kier molecular flexibility index (Phi) is 3.25. The normalized spacial score (nSPS) is 25.8. The molecule has 18 heavy (non-hydrogen) atoms. The molecule has 0 amide bonds. The molecule has 7 heteroatoms. The lowest BCUT2D eigenvalue weighted by molar-refractivity contribution is -0.141. The molecule has 2 N–H and O–H groups in total. The molecule has 2 rings (SSSR count). The van der Waals surface area contributed by atoms with Gasteiger partial charge < -0.3 is 10.4 Å². The van der Waals surface area contributed by atoms with Gasteiger partial charge in [-0.1, -0.05) is 17.7 Å². The lowest BCUT2D eigenvalue weighted by atomic mass is 9.99. The molecule has 1 saturated heterocycles. The zero-order valence-corrected chi connectivity index (χ0v) is 11.0. The molecule has 1 unspecified atom stereocenters. The van der Waals surface area contributed by atoms with Crippen LogP contribution in [0.25, 0.3) is 0 Å². The van der Waals surface area contributed by atoms with E-state index in [9.17, 15) is 18.3 Å². The minimum absolute atomic E-state index is 0.0528. The number of benzene rings is 1. The molecule has 1 fully saturated rings. The molecule has 1 aliphatic rings. The summed E-state index contributed by atoms with van der Waals surface area (Å²) in [7, 11) is -3.31. The molecule has 0 saturated carbocycles. The van der Waals surface area contributed by atoms with Crippen molar-refractivity contribution in [3.05, 3.63) is 29.3 Å². The van der Waals surface area contributed by atoms with Gasteiger partial charge in [0.1, 0.15) is 0 Å². The van der Waals surface area contributed by atoms with E-state index in [2.05, 4.69) is 5.32 Å². The van der Waals surface area contributed by atoms with Gasteiger partial charge in [-0.15, -0.1) is 0 Å². The number of halogens is 1. The highest BCUT2D eigenvalue weighted by molar-refractivity contribution is 7.91. The minimum Gasteiger partial charge on any atom is -0.479 e. The topological polar surface area (TPSA) is 83.5 Å². The van der Waals surface area contributed by atoms with E-state index in [0.717, 1.165) is 0 Å². The first kappa shape index (κ1) is 13.2. The van der Waals surface area contributed by atoms with E-state index < -0.39 is 27.1 Å². The van der Waals surface area contributed by atoms with Crippen molar-refractivity contribution in [3.63, 3.8) is 0 Å². The number of carboxylic acids is 1. The van der Waals surface area contributed by atoms with E-state index in [4.69, 9.17) is 11.6 Å². The number of hydrogen-bond acceptors (Lipinski definition) is 4. The monoisotopic (exact) mass is 289 g/mol. The standard InChI is InChI=1S/C11H12ClNO4S/c12-8-2-1-3-9(6-8)13-11(10(14)15)4-5-18(16,17)7-11/h1-3,6,13H,4-5,7H2,(H,14,15). The van der Waals surface area contributed by atoms with Crippen LogP contribution in [0, 0.1) is 0 Å². The van der Waals surface area contributed by atoms with Gasteiger partial charge in [-0.05, 0) is 24.6 Å². The smallest absolute Gasteiger partial charge is 0.330 e. The Hall–Kier alpha value is -1.27. The van der Waals surface area contributed by atoms with Gasteiger partial charge in [-0.25, -0.2) is 13.2 Å². The summed E-state index contributed by atoms with van der Waals surface area (Å²) in [6.07, 6.45) is 0.0528. The maximum Gasteiger partial charge on any atom is 0.330 e. The number of nitrogens with one attached hydrogen (secondary N) is 1. The first-order chi connectivity index (χ1) is 8.33. The van der Waals surface area contributed by atoms with Gasteiger partial charge in [-0.3, -0.25) is 0 Å². The Morgan fingerprint density at radius 2 is 2.17 bits per heavy atom. The first-order valence-corrected chi connectivity index (χ1v) is 7.51. The van der Waals surface area contributed by atoms with Crippen LogP contribution >= 0.6 is 11.6 Å². The fourth-order valence-electron chi connectivity index (χ4n) is 2.01. The molecule has 1 aromatic carbocycles. The summed E-state index contributed by atoms with van der Waals surface area (Å²) in [5.74, 6) is -1.68. The molecule has 0 spiro atoms. The van der Waals surface area contributed by atoms with Crippen molar-refractivity contribution in [2.45, 2.75) is 12.0 Å². The summed E-state index contributed by atoms with van der Waals surface area (Å²) < 4.78 is 23.0. The molecule has 0 bridgehead atoms. The lowest BCUT2D eigenvalue weighted by Crippen LogP contribution is -2.47. The summed E-state index contributed by atoms with van der Waals surface area (Å²) in [5.41, 5.74) is -0.953. The Morgan fingerprint density at radius 3 is 2.67 bits per heavy atom. The van der Waals surface area contributed by atoms with E-state index in [1.54, 1.807) is 24.3 Å². The molecule has 0 aromatic heterocycles. The van der Waals surface area contributed by atoms with Crippen LogP contribution in [0.15, 0.2) is 24.3 Å². The minimum atomic E-state index is -3.31. The average Bonchev–Trinajstić information content (AvgIpc) is 2.55. The zero-order chi connectivity index (χ0) is 13.4. The second-order valence-electron chi connectivity index (χ2n) is 4.36. The van der Waals surface area contributed by atoms with Crippen molar-refractivity contribution in [1.82, 2.24) is 0 Å². The van der Waals surface area contributed by atoms with E-state index >= 15 is 0 Å². The Labute approximate surface area is 110 Å². The predicted octanol–water partition coefficient (Wildman–Crippen LogP) is 1.39. The molecule has 0 aliphatic carbocycles. The van der Waals surface area contributed by atoms with E-state index in [1.807, 2.05) is 0 Å². The fourth-order valence-corrected chi connectivity index (χ4v) is 4.10. The van der Waals surface area contributed by atoms with Crippen LogP contribution in [-0.4, -0.2) is 36.5 Å². The summed E-state index contributed by atoms with van der Waals surface area (Å²) in [6, 6.07) is 6.55. The Morgan fingerprint density at radius 1 is 1.44 bits per heavy atom. The maximum absolute atomic E-state index is 11.5. The number of sulfone groups is 1. The van der Waals surface area contributed by atoms with Crippen LogP contribution in [0.5, 0.6) is 0 Å². The van der Waals surface area contributed by atoms with Gasteiger partial charge in [-0.2, -0.15) is 0 Å². The van der Waals surface area contributed by atoms with E-state index in [0.29, 0.717) is 10.7 Å². The average molecular weight is 290 g/mol. The maximum atomic E-state index is 11.5. The highest BCUT2D eigenvalue weighted by atomic mass is 35.5. The van der Waals surface area contributed by atoms with Crippen LogP contribution in [0.3, 0.4) is 0 Å². The van der Waals surface area contributed by atoms with Gasteiger partial charge in [0.2, 0.25) is 0 Å². The third-order valence-electron chi connectivity index (χ3n) is 2.92. The van der Waals surface area contributed by atoms with Crippen LogP contribution in [0.4, 0.5) is 5.69 Å². The number of carbonyl (C=O) groups is 1. The van der Waals surface area contributed by atoms with Crippen molar-refractivity contribution < 1.29 is 18.3 Å². The van der Waals surface area contributed by atoms with Crippen LogP contribution in [0.2, 0.25) is 5.02 Å². The number of rotatable bonds is 3. The summed E-state index contributed by atoms with van der Waals surface area (Å²) in [6.45, 7) is 0. The second kappa shape index (κ2) is 4.44. The molecular formula is C11H12ClNO4S. The van der Waals surface area contributed by atoms with E-state index in [1.165, 1.54) is 0 Å². The quantitative estimate of drug-likeness (QED) is 0.878. The van der Waals surface area contributed by atoms with Crippen molar-refractivity contribution >= 4 is 33.1 Å². The molecule has 0 radical (unpaired) electrons. The van der Waals surface area contributed by atoms with Gasteiger partial charge in [0, 0.05) is 10.7 Å². The fraction of sp³-hybridized carbons (Fsp3) is 0.364. The van der Waals surface area contributed by atoms with Gasteiger partial charge in [0.05, 0.1) is 11.5 Å². The van der Waals surface area contributed by atoms with Crippen LogP contribution < -0.4 is 5.32 Å². The van der Waals surface area contributed by atoms with Crippen molar-refractivity contribution in [2.24, 2.45) is 0 Å². The van der Waals surface area contributed by atoms with Crippen molar-refractivity contribution in [1.29, 1.82) is 0 Å². The van der Waals surface area contributed by atoms with E-state index in [-0.39, 0.29) is 12.2 Å². The number of carboxylic acid groups (broad SMARTS) is 1.